The number of nitrogens with one attached hydrogen (secondary N) is 2. The summed E-state index contributed by atoms with van der Waals surface area (Å²) in [7, 11) is 1.76. The zero-order valence-electron chi connectivity index (χ0n) is 18.6. The molecule has 0 atom stereocenters. The lowest BCUT2D eigenvalue weighted by Gasteiger charge is -2.33. The number of nitrogens with zero attached hydrogens (tertiary/aromatic N) is 3. The zero-order valence-corrected chi connectivity index (χ0v) is 20.9. The molecule has 0 radical (unpaired) electrons. The van der Waals surface area contributed by atoms with Gasteiger partial charge in [-0.3, -0.25) is 9.89 Å². The first kappa shape index (κ1) is 26.2. The predicted octanol–water partition coefficient (Wildman–Crippen LogP) is 4.10. The fraction of sp³-hybridized carbons (Fsp3) is 0.478. The van der Waals surface area contributed by atoms with E-state index in [1.54, 1.807) is 13.1 Å². The summed E-state index contributed by atoms with van der Waals surface area (Å²) in [6.07, 6.45) is 4.67. The molecule has 2 heterocycles. The smallest absolute Gasteiger partial charge is 0.213 e. The van der Waals surface area contributed by atoms with E-state index >= 15 is 0 Å². The topological polar surface area (TPSA) is 61.8 Å². The summed E-state index contributed by atoms with van der Waals surface area (Å²) in [4.78, 5) is 10.9. The van der Waals surface area contributed by atoms with Crippen molar-refractivity contribution in [1.82, 2.24) is 20.5 Å². The molecule has 1 aliphatic heterocycles. The molecule has 176 valence electrons. The normalized spacial score (nSPS) is 15.2. The largest absolute Gasteiger partial charge is 0.478 e. The first-order valence-electron chi connectivity index (χ1n) is 10.8. The first-order valence-corrected chi connectivity index (χ1v) is 10.8. The third kappa shape index (κ3) is 8.16. The van der Waals surface area contributed by atoms with Crippen LogP contribution in [-0.4, -0.2) is 48.6 Å². The highest BCUT2D eigenvalue weighted by Crippen LogP contribution is 2.16. The van der Waals surface area contributed by atoms with Gasteiger partial charge in [0.15, 0.2) is 17.6 Å². The van der Waals surface area contributed by atoms with Gasteiger partial charge in [-0.1, -0.05) is 19.1 Å². The number of pyridine rings is 1. The van der Waals surface area contributed by atoms with Crippen molar-refractivity contribution < 1.29 is 13.5 Å². The summed E-state index contributed by atoms with van der Waals surface area (Å²) in [6, 6.07) is 8.31. The number of likely N-dealkylation sites (tertiary alicyclic amines) is 1. The van der Waals surface area contributed by atoms with Crippen molar-refractivity contribution in [1.29, 1.82) is 0 Å². The number of hydrogen-bond donors (Lipinski definition) is 2. The van der Waals surface area contributed by atoms with Gasteiger partial charge in [-0.2, -0.15) is 0 Å². The van der Waals surface area contributed by atoms with Crippen LogP contribution in [0.5, 0.6) is 5.88 Å². The fourth-order valence-corrected chi connectivity index (χ4v) is 3.51. The van der Waals surface area contributed by atoms with Crippen molar-refractivity contribution in [2.45, 2.75) is 45.3 Å². The van der Waals surface area contributed by atoms with Gasteiger partial charge in [0.05, 0.1) is 6.61 Å². The van der Waals surface area contributed by atoms with Crippen LogP contribution in [0.3, 0.4) is 0 Å². The van der Waals surface area contributed by atoms with Crippen LogP contribution in [0.1, 0.15) is 37.3 Å². The van der Waals surface area contributed by atoms with E-state index in [0.29, 0.717) is 31.6 Å². The van der Waals surface area contributed by atoms with Gasteiger partial charge < -0.3 is 15.4 Å². The maximum absolute atomic E-state index is 13.4. The predicted molar refractivity (Wildman–Crippen MR) is 133 cm³/mol. The number of piperidine rings is 1. The molecular formula is C23H32F2IN5O. The molecule has 1 aromatic heterocycles. The molecule has 3 rings (SSSR count). The highest BCUT2D eigenvalue weighted by Gasteiger charge is 2.20. The number of benzene rings is 1. The van der Waals surface area contributed by atoms with E-state index in [-0.39, 0.29) is 24.0 Å². The van der Waals surface area contributed by atoms with E-state index < -0.39 is 11.6 Å². The second kappa shape index (κ2) is 13.5. The second-order valence-electron chi connectivity index (χ2n) is 7.72. The number of aromatic nitrogens is 1. The Bertz CT molecular complexity index is 858. The van der Waals surface area contributed by atoms with Gasteiger partial charge >= 0.3 is 0 Å². The molecule has 2 aromatic rings. The maximum atomic E-state index is 13.4. The van der Waals surface area contributed by atoms with Crippen LogP contribution >= 0.6 is 24.0 Å². The molecule has 0 bridgehead atoms. The van der Waals surface area contributed by atoms with E-state index in [4.69, 9.17) is 4.74 Å². The molecule has 0 saturated carbocycles. The Morgan fingerprint density at radius 3 is 2.53 bits per heavy atom. The molecule has 1 aromatic carbocycles. The summed E-state index contributed by atoms with van der Waals surface area (Å²) >= 11 is 0. The molecular weight excluding hydrogens is 527 g/mol. The van der Waals surface area contributed by atoms with Gasteiger partial charge in [-0.25, -0.2) is 13.8 Å². The Morgan fingerprint density at radius 2 is 1.91 bits per heavy atom. The van der Waals surface area contributed by atoms with Gasteiger partial charge in [0.1, 0.15) is 0 Å². The second-order valence-corrected chi connectivity index (χ2v) is 7.72. The lowest BCUT2D eigenvalue weighted by Crippen LogP contribution is -2.48. The number of hydrogen-bond acceptors (Lipinski definition) is 4. The van der Waals surface area contributed by atoms with Crippen molar-refractivity contribution in [2.24, 2.45) is 4.99 Å². The molecule has 2 N–H and O–H groups in total. The van der Waals surface area contributed by atoms with Crippen molar-refractivity contribution in [3.63, 3.8) is 0 Å². The molecule has 0 aliphatic carbocycles. The maximum Gasteiger partial charge on any atom is 0.213 e. The number of ether oxygens (including phenoxy) is 1. The molecule has 6 nitrogen and oxygen atoms in total. The molecule has 1 aliphatic rings. The van der Waals surface area contributed by atoms with E-state index in [9.17, 15) is 8.78 Å². The molecule has 0 unspecified atom stereocenters. The number of guanidine groups is 1. The fourth-order valence-electron chi connectivity index (χ4n) is 3.51. The third-order valence-corrected chi connectivity index (χ3v) is 5.25. The van der Waals surface area contributed by atoms with Gasteiger partial charge in [0, 0.05) is 51.5 Å². The average Bonchev–Trinajstić information content (AvgIpc) is 2.79. The van der Waals surface area contributed by atoms with E-state index in [1.165, 1.54) is 12.1 Å². The van der Waals surface area contributed by atoms with Gasteiger partial charge in [0.25, 0.3) is 0 Å². The minimum absolute atomic E-state index is 0. The molecule has 1 fully saturated rings. The average molecular weight is 559 g/mol. The quantitative estimate of drug-likeness (QED) is 0.290. The highest BCUT2D eigenvalue weighted by atomic mass is 127. The minimum Gasteiger partial charge on any atom is -0.478 e. The van der Waals surface area contributed by atoms with E-state index in [2.05, 4.69) is 32.4 Å². The van der Waals surface area contributed by atoms with Gasteiger partial charge in [0.2, 0.25) is 5.88 Å². The summed E-state index contributed by atoms with van der Waals surface area (Å²) in [6.45, 7) is 5.75. The van der Waals surface area contributed by atoms with Crippen LogP contribution in [0.25, 0.3) is 0 Å². The van der Waals surface area contributed by atoms with Crippen molar-refractivity contribution in [3.05, 3.63) is 59.3 Å². The zero-order chi connectivity index (χ0) is 22.1. The summed E-state index contributed by atoms with van der Waals surface area (Å²) in [5.74, 6) is -0.196. The summed E-state index contributed by atoms with van der Waals surface area (Å²) < 4.78 is 32.0. The summed E-state index contributed by atoms with van der Waals surface area (Å²) in [5, 5.41) is 6.80. The Labute approximate surface area is 205 Å². The lowest BCUT2D eigenvalue weighted by molar-refractivity contribution is 0.198. The number of aliphatic imine (C=N–C) groups is 1. The van der Waals surface area contributed by atoms with Crippen LogP contribution in [0.4, 0.5) is 8.78 Å². The molecule has 1 saturated heterocycles. The number of rotatable bonds is 8. The SMILES string of the molecule is CCCOc1ccc(CNC(=NC)NC2CCN(Cc3ccc(F)c(F)c3)CC2)cn1.I. The summed E-state index contributed by atoms with van der Waals surface area (Å²) in [5.41, 5.74) is 1.84. The van der Waals surface area contributed by atoms with Crippen LogP contribution < -0.4 is 15.4 Å². The minimum atomic E-state index is -0.804. The van der Waals surface area contributed by atoms with Gasteiger partial charge in [-0.15, -0.1) is 24.0 Å². The highest BCUT2D eigenvalue weighted by molar-refractivity contribution is 14.0. The van der Waals surface area contributed by atoms with Gasteiger partial charge in [-0.05, 0) is 42.5 Å². The Hall–Kier alpha value is -2.01. The van der Waals surface area contributed by atoms with Crippen LogP contribution in [0, 0.1) is 11.6 Å². The lowest BCUT2D eigenvalue weighted by atomic mass is 10.0. The van der Waals surface area contributed by atoms with Crippen molar-refractivity contribution in [2.75, 3.05) is 26.7 Å². The van der Waals surface area contributed by atoms with Crippen LogP contribution in [0.2, 0.25) is 0 Å². The Balaban J connectivity index is 0.00000363. The van der Waals surface area contributed by atoms with Crippen molar-refractivity contribution in [3.8, 4) is 5.88 Å². The molecule has 9 heteroatoms. The Kier molecular flexibility index (Phi) is 11.1. The standard InChI is InChI=1S/C23H31F2N5O.HI/c1-3-12-31-22-7-5-18(14-27-22)15-28-23(26-2)29-19-8-10-30(11-9-19)16-17-4-6-20(24)21(25)13-17;/h4-7,13-14,19H,3,8-12,15-16H2,1-2H3,(H2,26,28,29);1H. The van der Waals surface area contributed by atoms with Crippen LogP contribution in [0.15, 0.2) is 41.5 Å². The number of halogens is 3. The monoisotopic (exact) mass is 559 g/mol. The van der Waals surface area contributed by atoms with Crippen molar-refractivity contribution >= 4 is 29.9 Å². The molecule has 32 heavy (non-hydrogen) atoms. The molecule has 0 amide bonds. The van der Waals surface area contributed by atoms with E-state index in [0.717, 1.165) is 49.4 Å². The Morgan fingerprint density at radius 1 is 1.16 bits per heavy atom. The van der Waals surface area contributed by atoms with E-state index in [1.807, 2.05) is 18.3 Å². The molecule has 0 spiro atoms. The third-order valence-electron chi connectivity index (χ3n) is 5.25. The van der Waals surface area contributed by atoms with Crippen LogP contribution in [-0.2, 0) is 13.1 Å². The first-order chi connectivity index (χ1) is 15.1.